The minimum absolute atomic E-state index is 0.106. The molecule has 0 radical (unpaired) electrons. The number of nitrogens with zero attached hydrogens (tertiary/aromatic N) is 2. The molecular weight excluding hydrogens is 180 g/mol. The molecule has 0 fully saturated rings. The van der Waals surface area contributed by atoms with Gasteiger partial charge in [-0.1, -0.05) is 0 Å². The lowest BCUT2D eigenvalue weighted by Gasteiger charge is -2.15. The molecule has 5 heteroatoms. The number of nitrogens with one attached hydrogen (secondary N) is 2. The summed E-state index contributed by atoms with van der Waals surface area (Å²) in [6, 6.07) is -0.106. The Labute approximate surface area is 83.5 Å². The molecule has 0 aromatic carbocycles. The molecule has 0 aliphatic heterocycles. The lowest BCUT2D eigenvalue weighted by Crippen LogP contribution is -2.34. The number of rotatable bonds is 2. The SMILES string of the molecule is CNC(=O)N(C)Cc1n[nH]c(C)c1C. The number of carbonyl (C=O) groups excluding carboxylic acids is 1. The van der Waals surface area contributed by atoms with E-state index in [1.165, 1.54) is 0 Å². The van der Waals surface area contributed by atoms with E-state index in [1.54, 1.807) is 19.0 Å². The van der Waals surface area contributed by atoms with Gasteiger partial charge in [0.1, 0.15) is 0 Å². The van der Waals surface area contributed by atoms with Crippen LogP contribution in [0.2, 0.25) is 0 Å². The molecule has 0 aliphatic carbocycles. The summed E-state index contributed by atoms with van der Waals surface area (Å²) in [4.78, 5) is 12.8. The van der Waals surface area contributed by atoms with Crippen LogP contribution in [0.4, 0.5) is 4.79 Å². The van der Waals surface area contributed by atoms with Gasteiger partial charge in [0.15, 0.2) is 0 Å². The van der Waals surface area contributed by atoms with Crippen molar-refractivity contribution in [1.29, 1.82) is 0 Å². The van der Waals surface area contributed by atoms with Crippen molar-refractivity contribution in [2.24, 2.45) is 0 Å². The van der Waals surface area contributed by atoms with Gasteiger partial charge in [-0.05, 0) is 19.4 Å². The van der Waals surface area contributed by atoms with E-state index in [4.69, 9.17) is 0 Å². The molecule has 5 nitrogen and oxygen atoms in total. The van der Waals surface area contributed by atoms with Gasteiger partial charge in [-0.3, -0.25) is 5.10 Å². The summed E-state index contributed by atoms with van der Waals surface area (Å²) < 4.78 is 0. The molecular formula is C9H16N4O. The van der Waals surface area contributed by atoms with Gasteiger partial charge in [-0.15, -0.1) is 0 Å². The van der Waals surface area contributed by atoms with E-state index < -0.39 is 0 Å². The van der Waals surface area contributed by atoms with Gasteiger partial charge in [0.2, 0.25) is 0 Å². The van der Waals surface area contributed by atoms with E-state index >= 15 is 0 Å². The van der Waals surface area contributed by atoms with E-state index in [-0.39, 0.29) is 6.03 Å². The first-order valence-electron chi connectivity index (χ1n) is 4.49. The Kier molecular flexibility index (Phi) is 3.11. The summed E-state index contributed by atoms with van der Waals surface area (Å²) in [6.45, 7) is 4.48. The Morgan fingerprint density at radius 1 is 1.57 bits per heavy atom. The van der Waals surface area contributed by atoms with Crippen LogP contribution in [0.5, 0.6) is 0 Å². The van der Waals surface area contributed by atoms with E-state index in [0.717, 1.165) is 17.0 Å². The van der Waals surface area contributed by atoms with Gasteiger partial charge in [0.05, 0.1) is 12.2 Å². The Bertz CT molecular complexity index is 332. The van der Waals surface area contributed by atoms with Crippen LogP contribution < -0.4 is 5.32 Å². The van der Waals surface area contributed by atoms with Crippen LogP contribution in [0.3, 0.4) is 0 Å². The topological polar surface area (TPSA) is 61.0 Å². The molecule has 1 rings (SSSR count). The van der Waals surface area contributed by atoms with Crippen LogP contribution in [-0.2, 0) is 6.54 Å². The average molecular weight is 196 g/mol. The predicted octanol–water partition coefficient (Wildman–Crippen LogP) is 0.798. The summed E-state index contributed by atoms with van der Waals surface area (Å²) in [5, 5.41) is 9.58. The van der Waals surface area contributed by atoms with Gasteiger partial charge in [-0.25, -0.2) is 4.79 Å². The maximum atomic E-state index is 11.2. The molecule has 1 heterocycles. The van der Waals surface area contributed by atoms with Crippen molar-refractivity contribution in [3.63, 3.8) is 0 Å². The zero-order valence-corrected chi connectivity index (χ0v) is 9.01. The lowest BCUT2D eigenvalue weighted by molar-refractivity contribution is 0.208. The molecule has 0 atom stereocenters. The van der Waals surface area contributed by atoms with Crippen LogP contribution in [0.25, 0.3) is 0 Å². The summed E-state index contributed by atoms with van der Waals surface area (Å²) in [5.41, 5.74) is 3.07. The number of hydrogen-bond donors (Lipinski definition) is 2. The third kappa shape index (κ3) is 2.04. The fourth-order valence-electron chi connectivity index (χ4n) is 1.18. The Morgan fingerprint density at radius 3 is 2.64 bits per heavy atom. The van der Waals surface area contributed by atoms with Gasteiger partial charge in [0.25, 0.3) is 0 Å². The van der Waals surface area contributed by atoms with E-state index in [9.17, 15) is 4.79 Å². The third-order valence-corrected chi connectivity index (χ3v) is 2.30. The van der Waals surface area contributed by atoms with Crippen molar-refractivity contribution < 1.29 is 4.79 Å². The second kappa shape index (κ2) is 4.13. The molecule has 2 amide bonds. The second-order valence-electron chi connectivity index (χ2n) is 3.33. The van der Waals surface area contributed by atoms with Gasteiger partial charge < -0.3 is 10.2 Å². The Balaban J connectivity index is 2.69. The highest BCUT2D eigenvalue weighted by Crippen LogP contribution is 2.09. The van der Waals surface area contributed by atoms with Gasteiger partial charge in [-0.2, -0.15) is 5.10 Å². The lowest BCUT2D eigenvalue weighted by atomic mass is 10.2. The van der Waals surface area contributed by atoms with Crippen LogP contribution in [-0.4, -0.2) is 35.2 Å². The summed E-state index contributed by atoms with van der Waals surface area (Å²) in [5.74, 6) is 0. The zero-order valence-electron chi connectivity index (χ0n) is 9.01. The molecule has 0 bridgehead atoms. The van der Waals surface area contributed by atoms with Gasteiger partial charge in [0, 0.05) is 19.8 Å². The smallest absolute Gasteiger partial charge is 0.317 e. The van der Waals surface area contributed by atoms with Crippen molar-refractivity contribution in [2.45, 2.75) is 20.4 Å². The van der Waals surface area contributed by atoms with Crippen LogP contribution in [0.15, 0.2) is 0 Å². The van der Waals surface area contributed by atoms with Crippen molar-refractivity contribution in [2.75, 3.05) is 14.1 Å². The molecule has 78 valence electrons. The van der Waals surface area contributed by atoms with Crippen LogP contribution in [0.1, 0.15) is 17.0 Å². The summed E-state index contributed by atoms with van der Waals surface area (Å²) >= 11 is 0. The first kappa shape index (κ1) is 10.6. The molecule has 1 aromatic heterocycles. The number of hydrogen-bond acceptors (Lipinski definition) is 2. The molecule has 0 spiro atoms. The van der Waals surface area contributed by atoms with Crippen molar-refractivity contribution >= 4 is 6.03 Å². The van der Waals surface area contributed by atoms with Crippen LogP contribution in [0, 0.1) is 13.8 Å². The molecule has 2 N–H and O–H groups in total. The van der Waals surface area contributed by atoms with Crippen molar-refractivity contribution in [3.8, 4) is 0 Å². The molecule has 0 saturated heterocycles. The number of H-pyrrole nitrogens is 1. The van der Waals surface area contributed by atoms with E-state index in [1.807, 2.05) is 13.8 Å². The monoisotopic (exact) mass is 196 g/mol. The number of amides is 2. The maximum absolute atomic E-state index is 11.2. The van der Waals surface area contributed by atoms with E-state index in [0.29, 0.717) is 6.54 Å². The molecule has 14 heavy (non-hydrogen) atoms. The quantitative estimate of drug-likeness (QED) is 0.735. The summed E-state index contributed by atoms with van der Waals surface area (Å²) in [7, 11) is 3.35. The second-order valence-corrected chi connectivity index (χ2v) is 3.33. The predicted molar refractivity (Wildman–Crippen MR) is 54.0 cm³/mol. The fourth-order valence-corrected chi connectivity index (χ4v) is 1.18. The Hall–Kier alpha value is -1.52. The minimum atomic E-state index is -0.106. The number of aryl methyl sites for hydroxylation is 1. The summed E-state index contributed by atoms with van der Waals surface area (Å²) in [6.07, 6.45) is 0. The number of urea groups is 1. The van der Waals surface area contributed by atoms with E-state index in [2.05, 4.69) is 15.5 Å². The number of aromatic amines is 1. The molecule has 0 aliphatic rings. The first-order chi connectivity index (χ1) is 6.56. The van der Waals surface area contributed by atoms with Crippen molar-refractivity contribution in [3.05, 3.63) is 17.0 Å². The fraction of sp³-hybridized carbons (Fsp3) is 0.556. The highest BCUT2D eigenvalue weighted by Gasteiger charge is 2.11. The standard InChI is InChI=1S/C9H16N4O/c1-6-7(2)11-12-8(6)5-13(4)9(14)10-3/h5H2,1-4H3,(H,10,14)(H,11,12). The normalized spacial score (nSPS) is 10.0. The maximum Gasteiger partial charge on any atom is 0.317 e. The Morgan fingerprint density at radius 2 is 2.21 bits per heavy atom. The zero-order chi connectivity index (χ0) is 10.7. The van der Waals surface area contributed by atoms with Crippen LogP contribution >= 0.6 is 0 Å². The number of carbonyl (C=O) groups is 1. The molecule has 1 aromatic rings. The largest absolute Gasteiger partial charge is 0.341 e. The minimum Gasteiger partial charge on any atom is -0.341 e. The van der Waals surface area contributed by atoms with Gasteiger partial charge >= 0.3 is 6.03 Å². The third-order valence-electron chi connectivity index (χ3n) is 2.30. The average Bonchev–Trinajstić information content (AvgIpc) is 2.48. The highest BCUT2D eigenvalue weighted by molar-refractivity contribution is 5.73. The number of aromatic nitrogens is 2. The molecule has 0 unspecified atom stereocenters. The molecule has 0 saturated carbocycles. The highest BCUT2D eigenvalue weighted by atomic mass is 16.2. The van der Waals surface area contributed by atoms with Crippen molar-refractivity contribution in [1.82, 2.24) is 20.4 Å². The first-order valence-corrected chi connectivity index (χ1v) is 4.49.